The summed E-state index contributed by atoms with van der Waals surface area (Å²) in [5.74, 6) is 0.963. The lowest BCUT2D eigenvalue weighted by atomic mass is 10.2. The first-order chi connectivity index (χ1) is 6.72. The molecule has 14 heavy (non-hydrogen) atoms. The van der Waals surface area contributed by atoms with Gasteiger partial charge >= 0.3 is 0 Å². The Morgan fingerprint density at radius 3 is 2.93 bits per heavy atom. The van der Waals surface area contributed by atoms with Crippen LogP contribution in [0.25, 0.3) is 5.52 Å². The highest BCUT2D eigenvalue weighted by molar-refractivity contribution is 5.58. The quantitative estimate of drug-likeness (QED) is 0.672. The molecular formula is C11H12N2O. The fourth-order valence-electron chi connectivity index (χ4n) is 1.68. The van der Waals surface area contributed by atoms with Gasteiger partial charge in [-0.25, -0.2) is 4.98 Å². The van der Waals surface area contributed by atoms with E-state index < -0.39 is 0 Å². The van der Waals surface area contributed by atoms with Crippen LogP contribution in [0.1, 0.15) is 17.1 Å². The first-order valence-electron chi connectivity index (χ1n) is 4.60. The number of rotatable bonds is 2. The third-order valence-electron chi connectivity index (χ3n) is 2.38. The van der Waals surface area contributed by atoms with Crippen LogP contribution < -0.4 is 0 Å². The van der Waals surface area contributed by atoms with Crippen molar-refractivity contribution in [2.45, 2.75) is 20.3 Å². The van der Waals surface area contributed by atoms with Gasteiger partial charge in [-0.2, -0.15) is 0 Å². The molecule has 0 saturated carbocycles. The number of fused-ring (bicyclic) bond motifs is 1. The average Bonchev–Trinajstić information content (AvgIpc) is 2.43. The van der Waals surface area contributed by atoms with E-state index in [-0.39, 0.29) is 0 Å². The molecule has 0 saturated heterocycles. The highest BCUT2D eigenvalue weighted by atomic mass is 16.1. The highest BCUT2D eigenvalue weighted by Crippen LogP contribution is 2.13. The second-order valence-electron chi connectivity index (χ2n) is 3.41. The summed E-state index contributed by atoms with van der Waals surface area (Å²) in [6.07, 6.45) is 3.35. The monoisotopic (exact) mass is 188 g/mol. The zero-order chi connectivity index (χ0) is 10.1. The number of hydrogen-bond donors (Lipinski definition) is 0. The largest absolute Gasteiger partial charge is 0.303 e. The van der Waals surface area contributed by atoms with Crippen LogP contribution >= 0.6 is 0 Å². The third kappa shape index (κ3) is 1.31. The Kier molecular flexibility index (Phi) is 2.08. The Bertz CT molecular complexity index is 485. The second kappa shape index (κ2) is 3.25. The number of aromatic nitrogens is 2. The molecule has 0 aliphatic rings. The smallest absolute Gasteiger partial charge is 0.124 e. The van der Waals surface area contributed by atoms with Crippen molar-refractivity contribution in [3.05, 3.63) is 35.4 Å². The number of pyridine rings is 1. The average molecular weight is 188 g/mol. The van der Waals surface area contributed by atoms with Crippen LogP contribution in [-0.2, 0) is 11.2 Å². The maximum absolute atomic E-state index is 10.4. The molecule has 0 aliphatic carbocycles. The van der Waals surface area contributed by atoms with E-state index in [2.05, 4.69) is 4.98 Å². The SMILES string of the molecule is Cc1nc(C)n2cc(CC=O)ccc12. The summed E-state index contributed by atoms with van der Waals surface area (Å²) >= 11 is 0. The standard InChI is InChI=1S/C11H12N2O/c1-8-11-4-3-10(5-6-14)7-13(11)9(2)12-8/h3-4,6-7H,5H2,1-2H3. The van der Waals surface area contributed by atoms with Gasteiger partial charge in [-0.05, 0) is 25.5 Å². The molecule has 2 rings (SSSR count). The normalized spacial score (nSPS) is 10.7. The van der Waals surface area contributed by atoms with Crippen molar-refractivity contribution < 1.29 is 4.79 Å². The molecule has 72 valence electrons. The predicted octanol–water partition coefficient (Wildman–Crippen LogP) is 1.69. The molecule has 0 amide bonds. The minimum absolute atomic E-state index is 0.465. The molecular weight excluding hydrogens is 176 g/mol. The molecule has 0 unspecified atom stereocenters. The summed E-state index contributed by atoms with van der Waals surface area (Å²) < 4.78 is 2.02. The number of aldehydes is 1. The van der Waals surface area contributed by atoms with Gasteiger partial charge in [0.25, 0.3) is 0 Å². The lowest BCUT2D eigenvalue weighted by Crippen LogP contribution is -1.92. The molecule has 0 atom stereocenters. The minimum Gasteiger partial charge on any atom is -0.303 e. The zero-order valence-electron chi connectivity index (χ0n) is 8.32. The molecule has 0 aliphatic heterocycles. The zero-order valence-corrected chi connectivity index (χ0v) is 8.32. The van der Waals surface area contributed by atoms with E-state index in [0.717, 1.165) is 28.9 Å². The van der Waals surface area contributed by atoms with E-state index in [1.165, 1.54) is 0 Å². The molecule has 0 aromatic carbocycles. The van der Waals surface area contributed by atoms with Crippen molar-refractivity contribution in [1.29, 1.82) is 0 Å². The molecule has 0 radical (unpaired) electrons. The first kappa shape index (κ1) is 8.94. The van der Waals surface area contributed by atoms with Crippen LogP contribution in [-0.4, -0.2) is 15.7 Å². The Morgan fingerprint density at radius 2 is 2.21 bits per heavy atom. The van der Waals surface area contributed by atoms with Crippen molar-refractivity contribution in [1.82, 2.24) is 9.38 Å². The molecule has 2 aromatic rings. The molecule has 3 heteroatoms. The summed E-state index contributed by atoms with van der Waals surface area (Å²) in [6.45, 7) is 3.95. The van der Waals surface area contributed by atoms with Gasteiger partial charge in [0.15, 0.2) is 0 Å². The van der Waals surface area contributed by atoms with Gasteiger partial charge in [0.2, 0.25) is 0 Å². The van der Waals surface area contributed by atoms with E-state index in [4.69, 9.17) is 0 Å². The van der Waals surface area contributed by atoms with E-state index in [1.807, 2.05) is 36.6 Å². The van der Waals surface area contributed by atoms with Crippen molar-refractivity contribution in [3.8, 4) is 0 Å². The van der Waals surface area contributed by atoms with E-state index in [1.54, 1.807) is 0 Å². The van der Waals surface area contributed by atoms with E-state index in [0.29, 0.717) is 6.42 Å². The number of imidazole rings is 1. The van der Waals surface area contributed by atoms with Crippen LogP contribution in [0.2, 0.25) is 0 Å². The van der Waals surface area contributed by atoms with Crippen molar-refractivity contribution >= 4 is 11.8 Å². The number of carbonyl (C=O) groups is 1. The third-order valence-corrected chi connectivity index (χ3v) is 2.38. The van der Waals surface area contributed by atoms with Crippen LogP contribution in [0.5, 0.6) is 0 Å². The van der Waals surface area contributed by atoms with Crippen LogP contribution in [0.4, 0.5) is 0 Å². The molecule has 0 bridgehead atoms. The van der Waals surface area contributed by atoms with E-state index in [9.17, 15) is 4.79 Å². The van der Waals surface area contributed by atoms with Gasteiger partial charge in [0, 0.05) is 12.6 Å². The maximum atomic E-state index is 10.4. The van der Waals surface area contributed by atoms with Crippen LogP contribution in [0.15, 0.2) is 18.3 Å². The van der Waals surface area contributed by atoms with Gasteiger partial charge in [-0.1, -0.05) is 6.07 Å². The Balaban J connectivity index is 2.64. The van der Waals surface area contributed by atoms with Gasteiger partial charge < -0.3 is 9.20 Å². The van der Waals surface area contributed by atoms with Crippen molar-refractivity contribution in [3.63, 3.8) is 0 Å². The molecule has 0 fully saturated rings. The minimum atomic E-state index is 0.465. The Hall–Kier alpha value is -1.64. The topological polar surface area (TPSA) is 34.4 Å². The number of aryl methyl sites for hydroxylation is 2. The van der Waals surface area contributed by atoms with Gasteiger partial charge in [0.05, 0.1) is 11.2 Å². The second-order valence-corrected chi connectivity index (χ2v) is 3.41. The molecule has 0 N–H and O–H groups in total. The summed E-state index contributed by atoms with van der Waals surface area (Å²) in [5.41, 5.74) is 3.16. The first-order valence-corrected chi connectivity index (χ1v) is 4.60. The van der Waals surface area contributed by atoms with Crippen LogP contribution in [0, 0.1) is 13.8 Å². The fraction of sp³-hybridized carbons (Fsp3) is 0.273. The Labute approximate surface area is 82.4 Å². The predicted molar refractivity (Wildman–Crippen MR) is 54.4 cm³/mol. The molecule has 2 aromatic heterocycles. The Morgan fingerprint density at radius 1 is 1.43 bits per heavy atom. The van der Waals surface area contributed by atoms with Gasteiger partial charge in [-0.15, -0.1) is 0 Å². The van der Waals surface area contributed by atoms with Crippen molar-refractivity contribution in [2.75, 3.05) is 0 Å². The lowest BCUT2D eigenvalue weighted by Gasteiger charge is -1.99. The maximum Gasteiger partial charge on any atom is 0.124 e. The number of carbonyl (C=O) groups excluding carboxylic acids is 1. The number of hydrogen-bond acceptors (Lipinski definition) is 2. The van der Waals surface area contributed by atoms with Gasteiger partial charge in [-0.3, -0.25) is 0 Å². The number of nitrogens with zero attached hydrogens (tertiary/aromatic N) is 2. The molecule has 2 heterocycles. The summed E-state index contributed by atoms with van der Waals surface area (Å²) in [6, 6.07) is 3.98. The van der Waals surface area contributed by atoms with Gasteiger partial charge in [0.1, 0.15) is 12.1 Å². The summed E-state index contributed by atoms with van der Waals surface area (Å²) in [4.78, 5) is 14.7. The fourth-order valence-corrected chi connectivity index (χ4v) is 1.68. The lowest BCUT2D eigenvalue weighted by molar-refractivity contribution is -0.107. The molecule has 0 spiro atoms. The summed E-state index contributed by atoms with van der Waals surface area (Å²) in [7, 11) is 0. The van der Waals surface area contributed by atoms with E-state index >= 15 is 0 Å². The molecule has 3 nitrogen and oxygen atoms in total. The van der Waals surface area contributed by atoms with Crippen molar-refractivity contribution in [2.24, 2.45) is 0 Å². The highest BCUT2D eigenvalue weighted by Gasteiger charge is 2.03. The van der Waals surface area contributed by atoms with Crippen LogP contribution in [0.3, 0.4) is 0 Å². The summed E-state index contributed by atoms with van der Waals surface area (Å²) in [5, 5.41) is 0.